The number of likely N-dealkylation sites (N-methyl/N-ethyl adjacent to an activating group) is 1. The van der Waals surface area contributed by atoms with E-state index in [0.29, 0.717) is 13.0 Å². The monoisotopic (exact) mass is 249 g/mol. The van der Waals surface area contributed by atoms with E-state index in [-0.39, 0.29) is 0 Å². The van der Waals surface area contributed by atoms with Crippen LogP contribution in [0.25, 0.3) is 0 Å². The van der Waals surface area contributed by atoms with Crippen LogP contribution in [0.4, 0.5) is 0 Å². The average molecular weight is 249 g/mol. The first-order chi connectivity index (χ1) is 8.69. The molecule has 1 atom stereocenters. The zero-order valence-corrected chi connectivity index (χ0v) is 10.8. The summed E-state index contributed by atoms with van der Waals surface area (Å²) in [5.41, 5.74) is 0.919. The number of nitrogens with one attached hydrogen (secondary N) is 2. The Kier molecular flexibility index (Phi) is 6.00. The smallest absolute Gasteiger partial charge is 0.289 e. The second-order valence-electron chi connectivity index (χ2n) is 4.03. The Morgan fingerprint density at radius 1 is 1.33 bits per heavy atom. The minimum Gasteiger partial charge on any atom is -0.345 e. The number of carbonyl (C=O) groups excluding carboxylic acids is 2. The van der Waals surface area contributed by atoms with Crippen LogP contribution >= 0.6 is 0 Å². The maximum absolute atomic E-state index is 11.8. The summed E-state index contributed by atoms with van der Waals surface area (Å²) in [5, 5.41) is 5.48. The number of nitrogens with zero attached hydrogens (tertiary/aromatic N) is 1. The maximum Gasteiger partial charge on any atom is 0.289 e. The third-order valence-electron chi connectivity index (χ3n) is 2.67. The third kappa shape index (κ3) is 4.25. The maximum atomic E-state index is 11.8. The second kappa shape index (κ2) is 7.55. The molecule has 5 nitrogen and oxygen atoms in total. The van der Waals surface area contributed by atoms with Crippen LogP contribution in [0.15, 0.2) is 24.5 Å². The number of hydrogen-bond acceptors (Lipinski definition) is 4. The van der Waals surface area contributed by atoms with E-state index in [1.807, 2.05) is 6.92 Å². The van der Waals surface area contributed by atoms with Crippen molar-refractivity contribution in [2.45, 2.75) is 32.4 Å². The Morgan fingerprint density at radius 3 is 2.56 bits per heavy atom. The fourth-order valence-electron chi connectivity index (χ4n) is 1.62. The number of hydrogen-bond donors (Lipinski definition) is 2. The van der Waals surface area contributed by atoms with Gasteiger partial charge in [-0.25, -0.2) is 0 Å². The Labute approximate surface area is 107 Å². The van der Waals surface area contributed by atoms with Crippen LogP contribution in [0.3, 0.4) is 0 Å². The van der Waals surface area contributed by atoms with Gasteiger partial charge in [-0.15, -0.1) is 0 Å². The molecule has 0 aliphatic rings. The van der Waals surface area contributed by atoms with Crippen LogP contribution in [-0.2, 0) is 16.1 Å². The van der Waals surface area contributed by atoms with Gasteiger partial charge in [0.15, 0.2) is 0 Å². The highest BCUT2D eigenvalue weighted by Gasteiger charge is 2.22. The molecule has 0 saturated carbocycles. The van der Waals surface area contributed by atoms with Gasteiger partial charge < -0.3 is 10.6 Å². The van der Waals surface area contributed by atoms with E-state index in [2.05, 4.69) is 15.6 Å². The number of pyridine rings is 1. The van der Waals surface area contributed by atoms with Crippen LogP contribution in [-0.4, -0.2) is 29.8 Å². The standard InChI is InChI=1S/C13H19N3O2/c1-3-4-11(14-2)12(17)13(18)16-9-10-5-7-15-8-6-10/h5-8,11,14H,3-4,9H2,1-2H3,(H,16,18). The molecule has 0 bridgehead atoms. The molecule has 1 rings (SSSR count). The van der Waals surface area contributed by atoms with Crippen molar-refractivity contribution in [1.82, 2.24) is 15.6 Å². The first-order valence-corrected chi connectivity index (χ1v) is 6.07. The summed E-state index contributed by atoms with van der Waals surface area (Å²) >= 11 is 0. The summed E-state index contributed by atoms with van der Waals surface area (Å²) in [6.07, 6.45) is 4.82. The lowest BCUT2D eigenvalue weighted by molar-refractivity contribution is -0.139. The topological polar surface area (TPSA) is 71.1 Å². The van der Waals surface area contributed by atoms with E-state index in [1.54, 1.807) is 31.6 Å². The molecular formula is C13H19N3O2. The van der Waals surface area contributed by atoms with Crippen LogP contribution in [0.5, 0.6) is 0 Å². The molecule has 1 aromatic heterocycles. The van der Waals surface area contributed by atoms with Gasteiger partial charge in [-0.2, -0.15) is 0 Å². The fourth-order valence-corrected chi connectivity index (χ4v) is 1.62. The molecular weight excluding hydrogens is 230 g/mol. The number of ketones is 1. The highest BCUT2D eigenvalue weighted by atomic mass is 16.2. The summed E-state index contributed by atoms with van der Waals surface area (Å²) in [7, 11) is 1.69. The van der Waals surface area contributed by atoms with Crippen molar-refractivity contribution in [2.75, 3.05) is 7.05 Å². The predicted molar refractivity (Wildman–Crippen MR) is 68.8 cm³/mol. The lowest BCUT2D eigenvalue weighted by atomic mass is 10.1. The molecule has 5 heteroatoms. The molecule has 1 aromatic rings. The van der Waals surface area contributed by atoms with E-state index >= 15 is 0 Å². The van der Waals surface area contributed by atoms with E-state index in [4.69, 9.17) is 0 Å². The summed E-state index contributed by atoms with van der Waals surface area (Å²) in [6.45, 7) is 2.32. The van der Waals surface area contributed by atoms with E-state index in [0.717, 1.165) is 12.0 Å². The predicted octanol–water partition coefficient (Wildman–Crippen LogP) is 0.655. The van der Waals surface area contributed by atoms with Crippen molar-refractivity contribution in [2.24, 2.45) is 0 Å². The molecule has 1 heterocycles. The molecule has 98 valence electrons. The van der Waals surface area contributed by atoms with Crippen LogP contribution < -0.4 is 10.6 Å². The lowest BCUT2D eigenvalue weighted by Gasteiger charge is -2.13. The molecule has 2 N–H and O–H groups in total. The van der Waals surface area contributed by atoms with E-state index in [9.17, 15) is 9.59 Å². The van der Waals surface area contributed by atoms with Gasteiger partial charge in [0.2, 0.25) is 5.78 Å². The number of aromatic nitrogens is 1. The third-order valence-corrected chi connectivity index (χ3v) is 2.67. The van der Waals surface area contributed by atoms with Crippen LogP contribution in [0.2, 0.25) is 0 Å². The lowest BCUT2D eigenvalue weighted by Crippen LogP contribution is -2.43. The first kappa shape index (κ1) is 14.3. The minimum absolute atomic E-state index is 0.343. The highest BCUT2D eigenvalue weighted by Crippen LogP contribution is 1.99. The number of carbonyl (C=O) groups is 2. The van der Waals surface area contributed by atoms with E-state index in [1.165, 1.54) is 0 Å². The molecule has 0 aliphatic carbocycles. The summed E-state index contributed by atoms with van der Waals surface area (Å²) in [5.74, 6) is -0.951. The van der Waals surface area contributed by atoms with Crippen LogP contribution in [0.1, 0.15) is 25.3 Å². The Morgan fingerprint density at radius 2 is 2.00 bits per heavy atom. The molecule has 0 saturated heterocycles. The summed E-state index contributed by atoms with van der Waals surface area (Å²) in [6, 6.07) is 3.20. The second-order valence-corrected chi connectivity index (χ2v) is 4.03. The van der Waals surface area contributed by atoms with Gasteiger partial charge >= 0.3 is 0 Å². The van der Waals surface area contributed by atoms with Crippen molar-refractivity contribution < 1.29 is 9.59 Å². The molecule has 0 radical (unpaired) electrons. The number of Topliss-reactive ketones (excluding diaryl/α,β-unsaturated/α-hetero) is 1. The largest absolute Gasteiger partial charge is 0.345 e. The molecule has 0 aliphatic heterocycles. The molecule has 0 aromatic carbocycles. The quantitative estimate of drug-likeness (QED) is 0.696. The molecule has 1 unspecified atom stereocenters. The van der Waals surface area contributed by atoms with Crippen molar-refractivity contribution in [1.29, 1.82) is 0 Å². The fraction of sp³-hybridized carbons (Fsp3) is 0.462. The minimum atomic E-state index is -0.542. The normalized spacial score (nSPS) is 11.9. The van der Waals surface area contributed by atoms with Crippen LogP contribution in [0, 0.1) is 0 Å². The highest BCUT2D eigenvalue weighted by molar-refractivity contribution is 6.38. The Bertz CT molecular complexity index is 392. The number of rotatable bonds is 7. The molecule has 18 heavy (non-hydrogen) atoms. The van der Waals surface area contributed by atoms with E-state index < -0.39 is 17.7 Å². The summed E-state index contributed by atoms with van der Waals surface area (Å²) in [4.78, 5) is 27.4. The van der Waals surface area contributed by atoms with Gasteiger partial charge in [0, 0.05) is 18.9 Å². The SMILES string of the molecule is CCCC(NC)C(=O)C(=O)NCc1ccncc1. The van der Waals surface area contributed by atoms with Gasteiger partial charge in [0.1, 0.15) is 0 Å². The number of amides is 1. The Balaban J connectivity index is 2.47. The molecule has 0 fully saturated rings. The molecule has 1 amide bonds. The first-order valence-electron chi connectivity index (χ1n) is 6.07. The van der Waals surface area contributed by atoms with Gasteiger partial charge in [0.05, 0.1) is 6.04 Å². The van der Waals surface area contributed by atoms with Crippen molar-refractivity contribution in [3.63, 3.8) is 0 Å². The molecule has 0 spiro atoms. The van der Waals surface area contributed by atoms with Gasteiger partial charge in [0.25, 0.3) is 5.91 Å². The van der Waals surface area contributed by atoms with Gasteiger partial charge in [-0.1, -0.05) is 13.3 Å². The zero-order chi connectivity index (χ0) is 13.4. The van der Waals surface area contributed by atoms with Gasteiger partial charge in [-0.05, 0) is 31.2 Å². The van der Waals surface area contributed by atoms with Crippen molar-refractivity contribution in [3.05, 3.63) is 30.1 Å². The summed E-state index contributed by atoms with van der Waals surface area (Å²) < 4.78 is 0. The zero-order valence-electron chi connectivity index (χ0n) is 10.8. The van der Waals surface area contributed by atoms with Gasteiger partial charge in [-0.3, -0.25) is 14.6 Å². The average Bonchev–Trinajstić information content (AvgIpc) is 2.42. The Hall–Kier alpha value is -1.75. The van der Waals surface area contributed by atoms with Crippen molar-refractivity contribution in [3.8, 4) is 0 Å². The van der Waals surface area contributed by atoms with Crippen molar-refractivity contribution >= 4 is 11.7 Å².